The number of ether oxygens (including phenoxy) is 1. The number of hydrogen-bond acceptors (Lipinski definition) is 5. The quantitative estimate of drug-likeness (QED) is 0.321. The fraction of sp³-hybridized carbons (Fsp3) is 0.333. The Morgan fingerprint density at radius 2 is 1.55 bits per heavy atom. The molecule has 3 aromatic rings. The molecule has 1 N–H and O–H groups in total. The molecule has 0 saturated heterocycles. The Bertz CT molecular complexity index is 1400. The van der Waals surface area contributed by atoms with Crippen LogP contribution in [0.5, 0.6) is 5.75 Å². The van der Waals surface area contributed by atoms with Crippen LogP contribution in [0.2, 0.25) is 0 Å². The Hall–Kier alpha value is -3.92. The highest BCUT2D eigenvalue weighted by Gasteiger charge is 2.34. The molecule has 0 radical (unpaired) electrons. The second-order valence-corrected chi connectivity index (χ2v) is 11.2. The van der Waals surface area contributed by atoms with Gasteiger partial charge in [0.1, 0.15) is 24.2 Å². The van der Waals surface area contributed by atoms with Crippen molar-refractivity contribution in [2.24, 2.45) is 0 Å². The van der Waals surface area contributed by atoms with E-state index in [9.17, 15) is 22.4 Å². The number of para-hydroxylation sites is 2. The van der Waals surface area contributed by atoms with E-state index < -0.39 is 40.2 Å². The molecule has 0 spiro atoms. The molecule has 0 fully saturated rings. The summed E-state index contributed by atoms with van der Waals surface area (Å²) in [7, 11) is -4.24. The van der Waals surface area contributed by atoms with Gasteiger partial charge >= 0.3 is 0 Å². The fourth-order valence-electron chi connectivity index (χ4n) is 4.03. The summed E-state index contributed by atoms with van der Waals surface area (Å²) in [5, 5.41) is 2.85. The molecule has 0 aliphatic carbocycles. The minimum absolute atomic E-state index is 0.0164. The number of hydrogen-bond donors (Lipinski definition) is 1. The van der Waals surface area contributed by atoms with Gasteiger partial charge in [-0.15, -0.1) is 0 Å². The predicted molar refractivity (Wildman–Crippen MR) is 153 cm³/mol. The maximum absolute atomic E-state index is 14.7. The van der Waals surface area contributed by atoms with Crippen LogP contribution in [-0.4, -0.2) is 50.4 Å². The van der Waals surface area contributed by atoms with Crippen LogP contribution in [0, 0.1) is 5.82 Å². The number of halogens is 1. The van der Waals surface area contributed by atoms with Crippen LogP contribution < -0.4 is 14.4 Å². The topological polar surface area (TPSA) is 96.0 Å². The number of nitrogens with zero attached hydrogens (tertiary/aromatic N) is 2. The van der Waals surface area contributed by atoms with Gasteiger partial charge in [-0.1, -0.05) is 55.5 Å². The number of rotatable bonds is 13. The summed E-state index contributed by atoms with van der Waals surface area (Å²) in [6.07, 6.45) is 0.678. The SMILES string of the molecule is CCOc1ccccc1N(CC(=O)N(Cc1ccccc1F)[C@H](C)C(=O)N[C@H](C)CC)S(=O)(=O)c1ccccc1. The Balaban J connectivity index is 2.07. The number of sulfonamides is 1. The lowest BCUT2D eigenvalue weighted by Gasteiger charge is -2.33. The summed E-state index contributed by atoms with van der Waals surface area (Å²) in [6, 6.07) is 19.1. The molecule has 0 heterocycles. The van der Waals surface area contributed by atoms with Crippen molar-refractivity contribution < 1.29 is 27.1 Å². The Kier molecular flexibility index (Phi) is 10.7. The van der Waals surface area contributed by atoms with Crippen molar-refractivity contribution in [3.63, 3.8) is 0 Å². The summed E-state index contributed by atoms with van der Waals surface area (Å²) in [5.41, 5.74) is 0.371. The van der Waals surface area contributed by atoms with Crippen molar-refractivity contribution in [1.82, 2.24) is 10.2 Å². The van der Waals surface area contributed by atoms with Gasteiger partial charge < -0.3 is 15.0 Å². The summed E-state index contributed by atoms with van der Waals surface area (Å²) in [6.45, 7) is 6.47. The summed E-state index contributed by atoms with van der Waals surface area (Å²) >= 11 is 0. The minimum atomic E-state index is -4.24. The van der Waals surface area contributed by atoms with E-state index in [0.717, 1.165) is 4.31 Å². The summed E-state index contributed by atoms with van der Waals surface area (Å²) < 4.78 is 49.1. The van der Waals surface area contributed by atoms with Gasteiger partial charge in [0.15, 0.2) is 0 Å². The number of anilines is 1. The third kappa shape index (κ3) is 7.38. The smallest absolute Gasteiger partial charge is 0.264 e. The molecular formula is C30H36FN3O5S. The van der Waals surface area contributed by atoms with Crippen LogP contribution in [0.1, 0.15) is 39.7 Å². The van der Waals surface area contributed by atoms with Gasteiger partial charge in [-0.2, -0.15) is 0 Å². The van der Waals surface area contributed by atoms with Crippen molar-refractivity contribution in [3.8, 4) is 5.75 Å². The molecule has 0 aromatic heterocycles. The van der Waals surface area contributed by atoms with E-state index in [0.29, 0.717) is 6.42 Å². The normalized spacial score (nSPS) is 12.7. The zero-order valence-corrected chi connectivity index (χ0v) is 24.0. The lowest BCUT2D eigenvalue weighted by atomic mass is 10.1. The zero-order chi connectivity index (χ0) is 29.3. The van der Waals surface area contributed by atoms with Gasteiger partial charge in [0, 0.05) is 18.2 Å². The van der Waals surface area contributed by atoms with Crippen LogP contribution in [-0.2, 0) is 26.2 Å². The summed E-state index contributed by atoms with van der Waals surface area (Å²) in [5.74, 6) is -1.36. The maximum atomic E-state index is 14.7. The average molecular weight is 570 g/mol. The first-order chi connectivity index (χ1) is 19.1. The standard InChI is InChI=1S/C30H36FN3O5S/c1-5-22(3)32-30(36)23(4)33(20-24-14-10-11-17-26(24)31)29(35)21-34(27-18-12-13-19-28(27)39-6-2)40(37,38)25-15-8-7-9-16-25/h7-19,22-23H,5-6,20-21H2,1-4H3,(H,32,36)/t22-,23-/m1/s1. The van der Waals surface area contributed by atoms with E-state index in [1.165, 1.54) is 35.2 Å². The monoisotopic (exact) mass is 569 g/mol. The second kappa shape index (κ2) is 13.9. The van der Waals surface area contributed by atoms with Crippen molar-refractivity contribution in [2.75, 3.05) is 17.5 Å². The molecule has 0 saturated carbocycles. The van der Waals surface area contributed by atoms with Crippen LogP contribution in [0.4, 0.5) is 10.1 Å². The largest absolute Gasteiger partial charge is 0.492 e. The van der Waals surface area contributed by atoms with Crippen LogP contribution in [0.3, 0.4) is 0 Å². The van der Waals surface area contributed by atoms with Gasteiger partial charge in [-0.3, -0.25) is 13.9 Å². The van der Waals surface area contributed by atoms with E-state index in [1.54, 1.807) is 62.4 Å². The maximum Gasteiger partial charge on any atom is 0.264 e. The number of carbonyl (C=O) groups excluding carboxylic acids is 2. The van der Waals surface area contributed by atoms with E-state index in [1.807, 2.05) is 13.8 Å². The van der Waals surface area contributed by atoms with Crippen molar-refractivity contribution >= 4 is 27.5 Å². The zero-order valence-electron chi connectivity index (χ0n) is 23.2. The van der Waals surface area contributed by atoms with Gasteiger partial charge in [0.25, 0.3) is 10.0 Å². The fourth-order valence-corrected chi connectivity index (χ4v) is 5.48. The van der Waals surface area contributed by atoms with Crippen LogP contribution >= 0.6 is 0 Å². The molecule has 3 aromatic carbocycles. The molecule has 8 nitrogen and oxygen atoms in total. The van der Waals surface area contributed by atoms with Gasteiger partial charge in [-0.05, 0) is 57.5 Å². The minimum Gasteiger partial charge on any atom is -0.492 e. The molecule has 2 atom stereocenters. The van der Waals surface area contributed by atoms with E-state index in [-0.39, 0.29) is 41.1 Å². The first-order valence-corrected chi connectivity index (χ1v) is 14.7. The molecule has 214 valence electrons. The lowest BCUT2D eigenvalue weighted by molar-refractivity contribution is -0.139. The predicted octanol–water partition coefficient (Wildman–Crippen LogP) is 4.75. The van der Waals surface area contributed by atoms with Crippen molar-refractivity contribution in [1.29, 1.82) is 0 Å². The molecule has 0 bridgehead atoms. The van der Waals surface area contributed by atoms with Crippen molar-refractivity contribution in [3.05, 3.63) is 90.2 Å². The Labute approximate surface area is 235 Å². The van der Waals surface area contributed by atoms with Gasteiger partial charge in [-0.25, -0.2) is 12.8 Å². The third-order valence-corrected chi connectivity index (χ3v) is 8.28. The molecule has 10 heteroatoms. The first kappa shape index (κ1) is 30.6. The molecule has 3 rings (SSSR count). The number of nitrogens with one attached hydrogen (secondary N) is 1. The Morgan fingerprint density at radius 1 is 0.925 bits per heavy atom. The molecular weight excluding hydrogens is 533 g/mol. The Morgan fingerprint density at radius 3 is 2.20 bits per heavy atom. The number of benzene rings is 3. The second-order valence-electron chi connectivity index (χ2n) is 9.33. The van der Waals surface area contributed by atoms with E-state index >= 15 is 0 Å². The molecule has 2 amide bonds. The van der Waals surface area contributed by atoms with Crippen molar-refractivity contribution in [2.45, 2.75) is 57.6 Å². The third-order valence-electron chi connectivity index (χ3n) is 6.51. The first-order valence-electron chi connectivity index (χ1n) is 13.2. The molecule has 0 unspecified atom stereocenters. The van der Waals surface area contributed by atoms with Gasteiger partial charge in [0.05, 0.1) is 17.2 Å². The van der Waals surface area contributed by atoms with E-state index in [2.05, 4.69) is 5.32 Å². The highest BCUT2D eigenvalue weighted by molar-refractivity contribution is 7.92. The summed E-state index contributed by atoms with van der Waals surface area (Å²) in [4.78, 5) is 28.2. The highest BCUT2D eigenvalue weighted by Crippen LogP contribution is 2.33. The average Bonchev–Trinajstić information content (AvgIpc) is 2.96. The van der Waals surface area contributed by atoms with Crippen LogP contribution in [0.15, 0.2) is 83.8 Å². The highest BCUT2D eigenvalue weighted by atomic mass is 32.2. The molecule has 0 aliphatic heterocycles. The lowest BCUT2D eigenvalue weighted by Crippen LogP contribution is -2.52. The number of amides is 2. The number of carbonyl (C=O) groups is 2. The van der Waals surface area contributed by atoms with Gasteiger partial charge in [0.2, 0.25) is 11.8 Å². The molecule has 0 aliphatic rings. The molecule has 40 heavy (non-hydrogen) atoms. The van der Waals surface area contributed by atoms with Crippen LogP contribution in [0.25, 0.3) is 0 Å². The van der Waals surface area contributed by atoms with E-state index in [4.69, 9.17) is 4.74 Å².